The Morgan fingerprint density at radius 1 is 1.17 bits per heavy atom. The van der Waals surface area contributed by atoms with Crippen LogP contribution < -0.4 is 5.32 Å². The average molecular weight is 255 g/mol. The van der Waals surface area contributed by atoms with Crippen molar-refractivity contribution in [2.45, 2.75) is 33.6 Å². The summed E-state index contributed by atoms with van der Waals surface area (Å²) < 4.78 is 26.5. The van der Waals surface area contributed by atoms with Crippen molar-refractivity contribution in [1.29, 1.82) is 0 Å². The van der Waals surface area contributed by atoms with E-state index in [2.05, 4.69) is 26.1 Å². The van der Waals surface area contributed by atoms with Gasteiger partial charge in [-0.05, 0) is 61.5 Å². The fraction of sp³-hybridized carbons (Fsp3) is 0.600. The van der Waals surface area contributed by atoms with Gasteiger partial charge in [0.05, 0.1) is 0 Å². The Labute approximate surface area is 109 Å². The average Bonchev–Trinajstić information content (AvgIpc) is 2.29. The number of hydrogen-bond donors (Lipinski definition) is 1. The second-order valence-corrected chi connectivity index (χ2v) is 5.43. The minimum Gasteiger partial charge on any atom is -0.316 e. The van der Waals surface area contributed by atoms with E-state index in [1.165, 1.54) is 12.1 Å². The Bertz CT molecular complexity index is 364. The van der Waals surface area contributed by atoms with Crippen LogP contribution in [0.1, 0.15) is 32.8 Å². The Balaban J connectivity index is 2.35. The van der Waals surface area contributed by atoms with Crippen molar-refractivity contribution in [3.63, 3.8) is 0 Å². The molecule has 102 valence electrons. The van der Waals surface area contributed by atoms with E-state index >= 15 is 0 Å². The molecule has 3 heteroatoms. The van der Waals surface area contributed by atoms with Gasteiger partial charge in [-0.1, -0.05) is 20.8 Å². The molecule has 0 saturated carbocycles. The van der Waals surface area contributed by atoms with Crippen molar-refractivity contribution in [2.75, 3.05) is 13.1 Å². The molecule has 1 N–H and O–H groups in total. The Morgan fingerprint density at radius 2 is 1.89 bits per heavy atom. The zero-order valence-electron chi connectivity index (χ0n) is 11.5. The van der Waals surface area contributed by atoms with Crippen molar-refractivity contribution in [1.82, 2.24) is 5.32 Å². The van der Waals surface area contributed by atoms with Crippen LogP contribution in [0, 0.1) is 23.5 Å². The highest BCUT2D eigenvalue weighted by molar-refractivity contribution is 5.19. The fourth-order valence-electron chi connectivity index (χ4n) is 1.92. The minimum atomic E-state index is -0.364. The molecule has 1 atom stereocenters. The van der Waals surface area contributed by atoms with Gasteiger partial charge in [-0.2, -0.15) is 0 Å². The van der Waals surface area contributed by atoms with Crippen molar-refractivity contribution in [3.05, 3.63) is 35.4 Å². The summed E-state index contributed by atoms with van der Waals surface area (Å²) in [7, 11) is 0. The van der Waals surface area contributed by atoms with Crippen LogP contribution in [-0.2, 0) is 6.42 Å². The molecule has 0 spiro atoms. The lowest BCUT2D eigenvalue weighted by Crippen LogP contribution is -2.22. The molecule has 18 heavy (non-hydrogen) atoms. The van der Waals surface area contributed by atoms with Crippen molar-refractivity contribution in [2.24, 2.45) is 11.8 Å². The van der Waals surface area contributed by atoms with Gasteiger partial charge >= 0.3 is 0 Å². The van der Waals surface area contributed by atoms with E-state index in [0.717, 1.165) is 25.6 Å². The normalized spacial score (nSPS) is 13.0. The number of halogens is 2. The number of benzene rings is 1. The smallest absolute Gasteiger partial charge is 0.126 e. The van der Waals surface area contributed by atoms with Gasteiger partial charge in [-0.3, -0.25) is 0 Å². The molecular weight excluding hydrogens is 232 g/mol. The largest absolute Gasteiger partial charge is 0.316 e. The van der Waals surface area contributed by atoms with Gasteiger partial charge in [0.1, 0.15) is 11.6 Å². The van der Waals surface area contributed by atoms with E-state index < -0.39 is 0 Å². The fourth-order valence-corrected chi connectivity index (χ4v) is 1.92. The van der Waals surface area contributed by atoms with Gasteiger partial charge in [0, 0.05) is 0 Å². The summed E-state index contributed by atoms with van der Waals surface area (Å²) in [6, 6.07) is 3.66. The summed E-state index contributed by atoms with van der Waals surface area (Å²) in [6.45, 7) is 8.33. The number of hydrogen-bond acceptors (Lipinski definition) is 1. The van der Waals surface area contributed by atoms with Crippen LogP contribution in [0.3, 0.4) is 0 Å². The molecule has 0 amide bonds. The molecule has 1 aromatic carbocycles. The standard InChI is InChI=1S/C15H23F2N/c1-11(2)10-18-7-6-12(3)8-13-9-14(16)4-5-15(13)17/h4-5,9,11-12,18H,6-8,10H2,1-3H3. The molecule has 0 aliphatic carbocycles. The summed E-state index contributed by atoms with van der Waals surface area (Å²) in [5.74, 6) is 0.317. The first-order chi connectivity index (χ1) is 8.49. The predicted molar refractivity (Wildman–Crippen MR) is 71.6 cm³/mol. The van der Waals surface area contributed by atoms with Gasteiger partial charge in [0.25, 0.3) is 0 Å². The van der Waals surface area contributed by atoms with Gasteiger partial charge < -0.3 is 5.32 Å². The molecular formula is C15H23F2N. The lowest BCUT2D eigenvalue weighted by Gasteiger charge is -2.13. The first kappa shape index (κ1) is 15.1. The quantitative estimate of drug-likeness (QED) is 0.731. The maximum Gasteiger partial charge on any atom is 0.126 e. The van der Waals surface area contributed by atoms with E-state index in [0.29, 0.717) is 23.8 Å². The SMILES string of the molecule is CC(C)CNCCC(C)Cc1cc(F)ccc1F. The monoisotopic (exact) mass is 255 g/mol. The van der Waals surface area contributed by atoms with Gasteiger partial charge in [0.2, 0.25) is 0 Å². The van der Waals surface area contributed by atoms with Crippen LogP contribution in [-0.4, -0.2) is 13.1 Å². The Morgan fingerprint density at radius 3 is 2.56 bits per heavy atom. The van der Waals surface area contributed by atoms with Crippen molar-refractivity contribution >= 4 is 0 Å². The summed E-state index contributed by atoms with van der Waals surface area (Å²) in [5, 5.41) is 3.36. The molecule has 1 aromatic rings. The van der Waals surface area contributed by atoms with Crippen LogP contribution in [0.25, 0.3) is 0 Å². The summed E-state index contributed by atoms with van der Waals surface area (Å²) in [6.07, 6.45) is 1.57. The van der Waals surface area contributed by atoms with Crippen LogP contribution in [0.5, 0.6) is 0 Å². The van der Waals surface area contributed by atoms with Crippen LogP contribution in [0.4, 0.5) is 8.78 Å². The van der Waals surface area contributed by atoms with Crippen molar-refractivity contribution in [3.8, 4) is 0 Å². The lowest BCUT2D eigenvalue weighted by molar-refractivity contribution is 0.465. The van der Waals surface area contributed by atoms with Gasteiger partial charge in [-0.15, -0.1) is 0 Å². The minimum absolute atomic E-state index is 0.307. The molecule has 1 unspecified atom stereocenters. The third-order valence-electron chi connectivity index (χ3n) is 2.94. The second kappa shape index (κ2) is 7.47. The third kappa shape index (κ3) is 5.58. The predicted octanol–water partition coefficient (Wildman–Crippen LogP) is 3.78. The second-order valence-electron chi connectivity index (χ2n) is 5.43. The topological polar surface area (TPSA) is 12.0 Å². The molecule has 0 saturated heterocycles. The maximum atomic E-state index is 13.4. The molecule has 1 rings (SSSR count). The van der Waals surface area contributed by atoms with Gasteiger partial charge in [-0.25, -0.2) is 8.78 Å². The summed E-state index contributed by atoms with van der Waals surface area (Å²) >= 11 is 0. The highest BCUT2D eigenvalue weighted by atomic mass is 19.1. The molecule has 0 aliphatic rings. The van der Waals surface area contributed by atoms with E-state index in [-0.39, 0.29) is 11.6 Å². The zero-order chi connectivity index (χ0) is 13.5. The molecule has 0 aliphatic heterocycles. The van der Waals surface area contributed by atoms with Crippen molar-refractivity contribution < 1.29 is 8.78 Å². The van der Waals surface area contributed by atoms with Crippen LogP contribution in [0.15, 0.2) is 18.2 Å². The number of nitrogens with one attached hydrogen (secondary N) is 1. The Hall–Kier alpha value is -0.960. The first-order valence-electron chi connectivity index (χ1n) is 6.63. The highest BCUT2D eigenvalue weighted by Crippen LogP contribution is 2.16. The zero-order valence-corrected chi connectivity index (χ0v) is 11.5. The third-order valence-corrected chi connectivity index (χ3v) is 2.94. The molecule has 0 radical (unpaired) electrons. The maximum absolute atomic E-state index is 13.4. The lowest BCUT2D eigenvalue weighted by atomic mass is 9.97. The molecule has 0 heterocycles. The molecule has 0 aromatic heterocycles. The first-order valence-corrected chi connectivity index (χ1v) is 6.63. The molecule has 0 fully saturated rings. The molecule has 1 nitrogen and oxygen atoms in total. The summed E-state index contributed by atoms with van der Waals surface area (Å²) in [5.41, 5.74) is 0.478. The van der Waals surface area contributed by atoms with E-state index in [1.807, 2.05) is 0 Å². The highest BCUT2D eigenvalue weighted by Gasteiger charge is 2.09. The van der Waals surface area contributed by atoms with E-state index in [9.17, 15) is 8.78 Å². The molecule has 0 bridgehead atoms. The Kier molecular flexibility index (Phi) is 6.27. The van der Waals surface area contributed by atoms with E-state index in [1.54, 1.807) is 0 Å². The number of rotatable bonds is 7. The van der Waals surface area contributed by atoms with E-state index in [4.69, 9.17) is 0 Å². The van der Waals surface area contributed by atoms with Gasteiger partial charge in [0.15, 0.2) is 0 Å². The van der Waals surface area contributed by atoms with Crippen LogP contribution >= 0.6 is 0 Å². The van der Waals surface area contributed by atoms with Crippen LogP contribution in [0.2, 0.25) is 0 Å². The summed E-state index contributed by atoms with van der Waals surface area (Å²) in [4.78, 5) is 0.